The van der Waals surface area contributed by atoms with E-state index in [1.165, 1.54) is 91.9 Å². The van der Waals surface area contributed by atoms with E-state index >= 15 is 0 Å². The Kier molecular flexibility index (Phi) is 27.4. The molecule has 6 saturated heterocycles. The number of aromatic hydroxyl groups is 1. The van der Waals surface area contributed by atoms with E-state index in [-0.39, 0.29) is 22.6 Å². The van der Waals surface area contributed by atoms with Crippen LogP contribution >= 0.6 is 0 Å². The molecule has 102 heavy (non-hydrogen) atoms. The summed E-state index contributed by atoms with van der Waals surface area (Å²) >= 11 is 0. The molecule has 29 atom stereocenters. The van der Waals surface area contributed by atoms with Crippen LogP contribution in [-0.2, 0) is 90.2 Å². The maximum absolute atomic E-state index is 14.6. The Labute approximate surface area is 579 Å². The van der Waals surface area contributed by atoms with Crippen molar-refractivity contribution in [1.82, 2.24) is 0 Å². The van der Waals surface area contributed by atoms with E-state index in [1.54, 1.807) is 6.07 Å². The van der Waals surface area contributed by atoms with E-state index in [4.69, 9.17) is 75.8 Å². The van der Waals surface area contributed by atoms with Crippen LogP contribution in [0, 0.1) is 0 Å². The monoisotopic (exact) mass is 1450 g/mol. The van der Waals surface area contributed by atoms with Gasteiger partial charge in [-0.05, 0) is 66.6 Å². The van der Waals surface area contributed by atoms with Gasteiger partial charge in [-0.3, -0.25) is 9.59 Å². The number of phenols is 1. The molecule has 6 aliphatic heterocycles. The summed E-state index contributed by atoms with van der Waals surface area (Å²) in [4.78, 5) is 68.0. The molecule has 37 heteroatoms. The summed E-state index contributed by atoms with van der Waals surface area (Å²) in [7, 11) is 0. The third kappa shape index (κ3) is 18.8. The highest BCUT2D eigenvalue weighted by Crippen LogP contribution is 2.43. The zero-order chi connectivity index (χ0) is 74.0. The number of carbonyl (C=O) groups excluding carboxylic acids is 5. The van der Waals surface area contributed by atoms with Gasteiger partial charge >= 0.3 is 29.8 Å². The highest BCUT2D eigenvalue weighted by atomic mass is 16.8. The number of rotatable bonds is 26. The molecule has 0 spiro atoms. The van der Waals surface area contributed by atoms with Gasteiger partial charge in [0, 0.05) is 26.0 Å². The fraction of sp³-hybridized carbons (Fsp3) is 0.585. The number of benzene rings is 3. The normalized spacial score (nSPS) is 38.6. The summed E-state index contributed by atoms with van der Waals surface area (Å²) in [5.74, 6) is -8.94. The van der Waals surface area contributed by atoms with Crippen LogP contribution in [0.4, 0.5) is 0 Å². The molecule has 16 N–H and O–H groups in total. The molecule has 9 rings (SSSR count). The molecule has 6 aliphatic rings. The minimum Gasteiger partial charge on any atom is -0.508 e. The van der Waals surface area contributed by atoms with Gasteiger partial charge in [0.2, 0.25) is 12.1 Å². The first-order valence-corrected chi connectivity index (χ1v) is 32.0. The molecule has 3 aromatic carbocycles. The largest absolute Gasteiger partial charge is 0.508 e. The predicted octanol–water partition coefficient (Wildman–Crippen LogP) is -6.48. The van der Waals surface area contributed by atoms with E-state index < -0.39 is 247 Å². The number of aliphatic hydroxyl groups is 15. The molecule has 564 valence electrons. The lowest BCUT2D eigenvalue weighted by Gasteiger charge is -2.51. The van der Waals surface area contributed by atoms with Gasteiger partial charge in [0.1, 0.15) is 153 Å². The molecule has 0 unspecified atom stereocenters. The molecular weight excluding hydrogens is 1370 g/mol. The Morgan fingerprint density at radius 1 is 0.451 bits per heavy atom. The molecule has 0 aliphatic carbocycles. The van der Waals surface area contributed by atoms with E-state index in [9.17, 15) is 106 Å². The van der Waals surface area contributed by atoms with Crippen LogP contribution in [0.25, 0.3) is 12.2 Å². The second-order valence-corrected chi connectivity index (χ2v) is 24.5. The quantitative estimate of drug-likeness (QED) is 0.0202. The number of ether oxygens (including phenoxy) is 16. The Morgan fingerprint density at radius 2 is 0.941 bits per heavy atom. The van der Waals surface area contributed by atoms with Gasteiger partial charge in [-0.15, -0.1) is 0 Å². The van der Waals surface area contributed by atoms with Crippen LogP contribution in [-0.4, -0.2) is 329 Å². The second-order valence-electron chi connectivity index (χ2n) is 24.5. The number of aliphatic hydroxyl groups excluding tert-OH is 15. The molecule has 0 amide bonds. The molecule has 6 heterocycles. The zero-order valence-electron chi connectivity index (χ0n) is 54.5. The molecule has 0 aromatic heterocycles. The lowest BCUT2D eigenvalue weighted by atomic mass is 9.95. The van der Waals surface area contributed by atoms with Gasteiger partial charge in [-0.1, -0.05) is 42.5 Å². The summed E-state index contributed by atoms with van der Waals surface area (Å²) in [5.41, 5.74) is 0.398. The highest BCUT2D eigenvalue weighted by molar-refractivity contribution is 5.90. The van der Waals surface area contributed by atoms with Gasteiger partial charge in [-0.2, -0.15) is 0 Å². The van der Waals surface area contributed by atoms with Crippen molar-refractivity contribution in [2.24, 2.45) is 0 Å². The summed E-state index contributed by atoms with van der Waals surface area (Å²) in [5, 5.41) is 175. The van der Waals surface area contributed by atoms with Crippen molar-refractivity contribution >= 4 is 42.0 Å². The molecular formula is C65H82O37. The standard InChI is InChI=1S/C65H82O37/c1-27-42(74)47(79)50(82)60(90-27)91-34-17-11-31(12-18-34)14-20-41(73)96-54-39(25-88-29(3)70)95-64(102-65(26-89-40(72)19-13-30-9-15-33(71)16-10-30)58(46(78)37(23-68)101-65)100-59(86)32-7-5-4-6-8-32)57(99-62-52(84)49(81)44(76)36(22-67)93-62)56(54)98-63-53(85)55(45(77)38(94-63)24-87-28(2)69)97-61-51(83)48(80)43(75)35(21-66)92-61/h4-20,27,35-39,42-58,60-64,66-68,71,74-85H,21-26H2,1-3H3/t27-,35+,36+,37-,38+,39+,42-,43+,44+,45+,46-,47+,48-,49-,50-,51+,52+,53+,54+,55-,56-,57+,58+,60-,61-,62-,63-,64-,65-/m1/s1. The summed E-state index contributed by atoms with van der Waals surface area (Å²) in [6.07, 6.45) is -53.6. The third-order valence-electron chi connectivity index (χ3n) is 17.2. The number of esters is 5. The Balaban J connectivity index is 1.18. The van der Waals surface area contributed by atoms with Crippen LogP contribution in [0.3, 0.4) is 0 Å². The fourth-order valence-corrected chi connectivity index (χ4v) is 11.6. The fourth-order valence-electron chi connectivity index (χ4n) is 11.6. The maximum atomic E-state index is 14.6. The molecule has 3 aromatic rings. The van der Waals surface area contributed by atoms with Crippen molar-refractivity contribution < 1.29 is 181 Å². The Morgan fingerprint density at radius 3 is 1.51 bits per heavy atom. The van der Waals surface area contributed by atoms with Crippen LogP contribution in [0.5, 0.6) is 11.5 Å². The smallest absolute Gasteiger partial charge is 0.338 e. The minimum atomic E-state index is -3.04. The van der Waals surface area contributed by atoms with E-state index in [1.807, 2.05) is 0 Å². The van der Waals surface area contributed by atoms with Gasteiger partial charge in [0.05, 0.1) is 31.5 Å². The first kappa shape index (κ1) is 79.2. The van der Waals surface area contributed by atoms with E-state index in [2.05, 4.69) is 0 Å². The number of hydrogen-bond acceptors (Lipinski definition) is 37. The van der Waals surface area contributed by atoms with Crippen molar-refractivity contribution in [3.05, 3.63) is 108 Å². The number of hydrogen-bond donors (Lipinski definition) is 16. The first-order chi connectivity index (χ1) is 48.5. The topological polar surface area (TPSA) is 557 Å². The number of phenolic OH excluding ortho intramolecular Hbond substituents is 1. The lowest BCUT2D eigenvalue weighted by molar-refractivity contribution is -0.423. The van der Waals surface area contributed by atoms with Crippen LogP contribution in [0.2, 0.25) is 0 Å². The van der Waals surface area contributed by atoms with Crippen LogP contribution in [0.1, 0.15) is 42.3 Å². The minimum absolute atomic E-state index is 0.0625. The van der Waals surface area contributed by atoms with Crippen molar-refractivity contribution in [3.63, 3.8) is 0 Å². The van der Waals surface area contributed by atoms with Gasteiger partial charge in [0.15, 0.2) is 37.4 Å². The van der Waals surface area contributed by atoms with Gasteiger partial charge in [0.25, 0.3) is 0 Å². The summed E-state index contributed by atoms with van der Waals surface area (Å²) in [6, 6.07) is 17.9. The van der Waals surface area contributed by atoms with E-state index in [0.29, 0.717) is 5.56 Å². The average molecular weight is 1460 g/mol. The van der Waals surface area contributed by atoms with Crippen molar-refractivity contribution in [2.45, 2.75) is 198 Å². The van der Waals surface area contributed by atoms with Crippen molar-refractivity contribution in [3.8, 4) is 11.5 Å². The highest BCUT2D eigenvalue weighted by Gasteiger charge is 2.65. The van der Waals surface area contributed by atoms with Crippen molar-refractivity contribution in [1.29, 1.82) is 0 Å². The SMILES string of the molecule is CC(=O)OC[C@@H]1O[C@H](O[C@H]2[C@H](O[C@H]3O[C@@H](CO)[C@H](O)[C@@H](O)[C@@H]3O)[C@@H](O[C@@]3(COC(=O)C=Cc4ccc(O)cc4)O[C@H](CO)[C@@H](O)[C@@H]3OC(=O)c3ccccc3)O[C@@H](COC(C)=O)[C@@H]2OC(=O)C=Cc2ccc(O[C@H]3O[C@H](C)[C@@H](O)[C@H](O)[C@H]3O)cc2)[C@@H](O)[C@H](O[C@H]2O[C@@H](CO)[C@H](O)[C@@H](O)[C@@H]2O)[C@H]1O. The van der Waals surface area contributed by atoms with Crippen LogP contribution in [0.15, 0.2) is 91.0 Å². The van der Waals surface area contributed by atoms with Gasteiger partial charge < -0.3 is 157 Å². The Bertz CT molecular complexity index is 3290. The lowest BCUT2D eigenvalue weighted by Crippen LogP contribution is -2.69. The van der Waals surface area contributed by atoms with E-state index in [0.717, 1.165) is 26.0 Å². The van der Waals surface area contributed by atoms with Crippen LogP contribution < -0.4 is 4.74 Å². The maximum Gasteiger partial charge on any atom is 0.338 e. The number of carbonyl (C=O) groups is 5. The summed E-state index contributed by atoms with van der Waals surface area (Å²) < 4.78 is 95.4. The predicted molar refractivity (Wildman–Crippen MR) is 329 cm³/mol. The molecule has 0 bridgehead atoms. The average Bonchev–Trinajstić information content (AvgIpc) is 1.44. The second kappa shape index (κ2) is 35.2. The summed E-state index contributed by atoms with van der Waals surface area (Å²) in [6.45, 7) is -3.21. The molecule has 0 radical (unpaired) electrons. The first-order valence-electron chi connectivity index (χ1n) is 32.0. The molecule has 0 saturated carbocycles. The third-order valence-corrected chi connectivity index (χ3v) is 17.2. The molecule has 6 fully saturated rings. The zero-order valence-corrected chi connectivity index (χ0v) is 54.5. The molecule has 37 nitrogen and oxygen atoms in total. The van der Waals surface area contributed by atoms with Gasteiger partial charge in [-0.25, -0.2) is 14.4 Å². The Hall–Kier alpha value is -6.91. The van der Waals surface area contributed by atoms with Crippen molar-refractivity contribution in [2.75, 3.05) is 39.6 Å².